The van der Waals surface area contributed by atoms with Crippen LogP contribution in [-0.2, 0) is 14.4 Å². The van der Waals surface area contributed by atoms with E-state index in [0.717, 1.165) is 5.56 Å². The van der Waals surface area contributed by atoms with Crippen LogP contribution in [0.15, 0.2) is 72.0 Å². The number of aliphatic hydroxyl groups excluding tert-OH is 1. The van der Waals surface area contributed by atoms with E-state index in [1.165, 1.54) is 11.0 Å². The van der Waals surface area contributed by atoms with Gasteiger partial charge >= 0.3 is 5.97 Å². The predicted molar refractivity (Wildman–Crippen MR) is 122 cm³/mol. The van der Waals surface area contributed by atoms with Crippen molar-refractivity contribution in [1.82, 2.24) is 4.90 Å². The van der Waals surface area contributed by atoms with Crippen molar-refractivity contribution >= 4 is 35.3 Å². The first-order valence-corrected chi connectivity index (χ1v) is 10.8. The Bertz CT molecular complexity index is 1060. The summed E-state index contributed by atoms with van der Waals surface area (Å²) >= 11 is 6.39. The summed E-state index contributed by atoms with van der Waals surface area (Å²) in [6, 6.07) is 15.3. The van der Waals surface area contributed by atoms with Crippen molar-refractivity contribution in [1.29, 1.82) is 0 Å². The van der Waals surface area contributed by atoms with Crippen molar-refractivity contribution in [2.75, 3.05) is 6.54 Å². The van der Waals surface area contributed by atoms with E-state index in [9.17, 15) is 19.5 Å². The van der Waals surface area contributed by atoms with E-state index in [1.807, 2.05) is 30.3 Å². The van der Waals surface area contributed by atoms with E-state index in [4.69, 9.17) is 16.7 Å². The Morgan fingerprint density at radius 3 is 2.38 bits per heavy atom. The molecule has 32 heavy (non-hydrogen) atoms. The number of nitrogens with zero attached hydrogens (tertiary/aromatic N) is 1. The Balaban J connectivity index is 1.87. The molecule has 0 saturated heterocycles. The molecule has 0 bridgehead atoms. The second kappa shape index (κ2) is 10.8. The van der Waals surface area contributed by atoms with E-state index in [-0.39, 0.29) is 18.5 Å². The number of ketones is 1. The van der Waals surface area contributed by atoms with Gasteiger partial charge in [0.15, 0.2) is 11.5 Å². The lowest BCUT2D eigenvalue weighted by atomic mass is 9.95. The number of carbonyl (C=O) groups is 3. The lowest BCUT2D eigenvalue weighted by molar-refractivity contribution is -0.137. The Morgan fingerprint density at radius 2 is 1.69 bits per heavy atom. The van der Waals surface area contributed by atoms with Gasteiger partial charge < -0.3 is 15.1 Å². The normalized spacial score (nSPS) is 16.2. The van der Waals surface area contributed by atoms with Gasteiger partial charge in [-0.1, -0.05) is 72.6 Å². The molecule has 2 aromatic carbocycles. The molecule has 0 aromatic heterocycles. The zero-order valence-electron chi connectivity index (χ0n) is 17.4. The van der Waals surface area contributed by atoms with Gasteiger partial charge in [0.2, 0.25) is 0 Å². The van der Waals surface area contributed by atoms with Gasteiger partial charge in [-0.2, -0.15) is 0 Å². The molecule has 0 spiro atoms. The zero-order valence-corrected chi connectivity index (χ0v) is 18.2. The maximum atomic E-state index is 13.1. The van der Waals surface area contributed by atoms with E-state index in [0.29, 0.717) is 29.8 Å². The van der Waals surface area contributed by atoms with Gasteiger partial charge in [0, 0.05) is 18.0 Å². The molecule has 0 aliphatic carbocycles. The summed E-state index contributed by atoms with van der Waals surface area (Å²) in [7, 11) is 0. The molecule has 1 amide bonds. The fraction of sp³-hybridized carbons (Fsp3) is 0.240. The van der Waals surface area contributed by atoms with Crippen LogP contribution < -0.4 is 0 Å². The molecule has 0 saturated carbocycles. The second-order valence-corrected chi connectivity index (χ2v) is 7.90. The van der Waals surface area contributed by atoms with Crippen LogP contribution in [0.4, 0.5) is 0 Å². The van der Waals surface area contributed by atoms with Gasteiger partial charge in [-0.25, -0.2) is 0 Å². The summed E-state index contributed by atoms with van der Waals surface area (Å²) in [6.45, 7) is 0.261. The fourth-order valence-corrected chi connectivity index (χ4v) is 3.96. The summed E-state index contributed by atoms with van der Waals surface area (Å²) in [5.41, 5.74) is 1.35. The number of unbranched alkanes of at least 4 members (excludes halogenated alkanes) is 2. The molecule has 2 aromatic rings. The number of hydrogen-bond acceptors (Lipinski definition) is 4. The molecule has 1 aliphatic rings. The van der Waals surface area contributed by atoms with Gasteiger partial charge in [-0.3, -0.25) is 14.4 Å². The maximum Gasteiger partial charge on any atom is 0.303 e. The van der Waals surface area contributed by atoms with Crippen LogP contribution in [0.1, 0.15) is 42.9 Å². The Hall–Kier alpha value is -3.38. The molecule has 7 heteroatoms. The number of halogens is 1. The topological polar surface area (TPSA) is 94.9 Å². The third-order valence-corrected chi connectivity index (χ3v) is 5.63. The van der Waals surface area contributed by atoms with Gasteiger partial charge in [-0.15, -0.1) is 0 Å². The van der Waals surface area contributed by atoms with Crippen LogP contribution in [0, 0.1) is 0 Å². The Morgan fingerprint density at radius 1 is 1.00 bits per heavy atom. The Kier molecular flexibility index (Phi) is 7.84. The van der Waals surface area contributed by atoms with Crippen molar-refractivity contribution in [2.45, 2.75) is 31.7 Å². The average molecular weight is 454 g/mol. The monoisotopic (exact) mass is 453 g/mol. The molecule has 2 N–H and O–H groups in total. The van der Waals surface area contributed by atoms with E-state index in [1.54, 1.807) is 30.3 Å². The highest BCUT2D eigenvalue weighted by Crippen LogP contribution is 2.40. The molecule has 1 heterocycles. The minimum atomic E-state index is -0.867. The number of hydrogen-bond donors (Lipinski definition) is 2. The van der Waals surface area contributed by atoms with Crippen LogP contribution in [-0.4, -0.2) is 39.3 Å². The third-order valence-electron chi connectivity index (χ3n) is 5.29. The Labute approximate surface area is 191 Å². The summed E-state index contributed by atoms with van der Waals surface area (Å²) in [5.74, 6) is -2.56. The zero-order chi connectivity index (χ0) is 23.1. The molecule has 1 unspecified atom stereocenters. The molecule has 1 atom stereocenters. The number of carboxylic acids is 1. The van der Waals surface area contributed by atoms with Crippen molar-refractivity contribution in [3.8, 4) is 0 Å². The minimum absolute atomic E-state index is 0.0131. The highest BCUT2D eigenvalue weighted by molar-refractivity contribution is 6.31. The largest absolute Gasteiger partial charge is 0.503 e. The number of allylic oxidation sites excluding steroid dienone is 1. The number of benzene rings is 2. The van der Waals surface area contributed by atoms with Crippen LogP contribution >= 0.6 is 11.6 Å². The van der Waals surface area contributed by atoms with Crippen molar-refractivity contribution < 1.29 is 24.6 Å². The predicted octanol–water partition coefficient (Wildman–Crippen LogP) is 4.96. The van der Waals surface area contributed by atoms with E-state index in [2.05, 4.69) is 0 Å². The lowest BCUT2D eigenvalue weighted by Gasteiger charge is -2.27. The highest BCUT2D eigenvalue weighted by Gasteiger charge is 2.43. The van der Waals surface area contributed by atoms with Crippen molar-refractivity contribution in [2.24, 2.45) is 0 Å². The SMILES string of the molecule is O=C(O)CCCCCN1C(=O)C(O)=C(C(=O)C=Cc2ccccc2)C1c1ccccc1Cl. The van der Waals surface area contributed by atoms with E-state index < -0.39 is 29.5 Å². The van der Waals surface area contributed by atoms with E-state index >= 15 is 0 Å². The van der Waals surface area contributed by atoms with Crippen molar-refractivity contribution in [3.05, 3.63) is 88.2 Å². The number of carboxylic acid groups (broad SMARTS) is 1. The molecule has 1 aliphatic heterocycles. The fourth-order valence-electron chi connectivity index (χ4n) is 3.72. The summed E-state index contributed by atoms with van der Waals surface area (Å²) in [4.78, 5) is 38.1. The lowest BCUT2D eigenvalue weighted by Crippen LogP contribution is -2.32. The van der Waals surface area contributed by atoms with Gasteiger partial charge in [0.25, 0.3) is 5.91 Å². The van der Waals surface area contributed by atoms with Crippen LogP contribution in [0.25, 0.3) is 6.08 Å². The summed E-state index contributed by atoms with van der Waals surface area (Å²) in [6.07, 6.45) is 4.65. The first-order valence-electron chi connectivity index (χ1n) is 10.4. The molecular formula is C25H24ClNO5. The first-order chi connectivity index (χ1) is 15.4. The maximum absolute atomic E-state index is 13.1. The first kappa shape index (κ1) is 23.3. The molecule has 0 fully saturated rings. The van der Waals surface area contributed by atoms with Crippen molar-refractivity contribution in [3.63, 3.8) is 0 Å². The molecule has 6 nitrogen and oxygen atoms in total. The standard InChI is InChI=1S/C25H24ClNO5/c26-19-12-7-6-11-18(19)23-22(20(28)15-14-17-9-3-1-4-10-17)24(31)25(32)27(23)16-8-2-5-13-21(29)30/h1,3-4,6-7,9-12,14-15,23,31H,2,5,8,13,16H2,(H,29,30). The van der Waals surface area contributed by atoms with Crippen LogP contribution in [0.3, 0.4) is 0 Å². The third kappa shape index (κ3) is 5.45. The minimum Gasteiger partial charge on any atom is -0.503 e. The summed E-state index contributed by atoms with van der Waals surface area (Å²) in [5, 5.41) is 19.8. The number of aliphatic carboxylic acids is 1. The number of amides is 1. The summed E-state index contributed by atoms with van der Waals surface area (Å²) < 4.78 is 0. The van der Waals surface area contributed by atoms with Crippen LogP contribution in [0.2, 0.25) is 5.02 Å². The average Bonchev–Trinajstić information content (AvgIpc) is 3.03. The number of aliphatic hydroxyl groups is 1. The van der Waals surface area contributed by atoms with Gasteiger partial charge in [0.1, 0.15) is 0 Å². The van der Waals surface area contributed by atoms with Gasteiger partial charge in [0.05, 0.1) is 11.6 Å². The second-order valence-electron chi connectivity index (χ2n) is 7.50. The molecular weight excluding hydrogens is 430 g/mol. The quantitative estimate of drug-likeness (QED) is 0.391. The molecule has 3 rings (SSSR count). The number of carbonyl (C=O) groups excluding carboxylic acids is 2. The van der Waals surface area contributed by atoms with Crippen LogP contribution in [0.5, 0.6) is 0 Å². The van der Waals surface area contributed by atoms with Gasteiger partial charge in [-0.05, 0) is 36.1 Å². The highest BCUT2D eigenvalue weighted by atomic mass is 35.5. The molecule has 166 valence electrons. The smallest absolute Gasteiger partial charge is 0.303 e. The number of rotatable bonds is 10. The molecule has 0 radical (unpaired) electrons.